The minimum absolute atomic E-state index is 0.0856. The number of nitrogens with zero attached hydrogens (tertiary/aromatic N) is 1. The van der Waals surface area contributed by atoms with Crippen molar-refractivity contribution < 1.29 is 57.3 Å². The maximum Gasteiger partial charge on any atom is 0.433 e. The summed E-state index contributed by atoms with van der Waals surface area (Å²) in [6, 6.07) is 17.3. The Morgan fingerprint density at radius 2 is 1.41 bits per heavy atom. The molecule has 2 aliphatic rings. The van der Waals surface area contributed by atoms with Crippen molar-refractivity contribution in [3.63, 3.8) is 0 Å². The number of rotatable bonds is 9. The lowest BCUT2D eigenvalue weighted by Gasteiger charge is -2.35. The van der Waals surface area contributed by atoms with Crippen molar-refractivity contribution in [1.82, 2.24) is 21.1 Å². The Hall–Kier alpha value is -5.80. The van der Waals surface area contributed by atoms with E-state index in [0.717, 1.165) is 0 Å². The largest absolute Gasteiger partial charge is 0.465 e. The Kier molecular flexibility index (Phi) is 12.3. The van der Waals surface area contributed by atoms with Gasteiger partial charge in [-0.3, -0.25) is 39.4 Å². The monoisotopic (exact) mass is 640 g/mol. The summed E-state index contributed by atoms with van der Waals surface area (Å²) in [6.45, 7) is 2.96. The molecule has 2 atom stereocenters. The summed E-state index contributed by atoms with van der Waals surface area (Å²) in [5, 5.41) is 4.38. The van der Waals surface area contributed by atoms with Gasteiger partial charge in [0.05, 0.1) is 13.0 Å². The number of hydrogen-bond acceptors (Lipinski definition) is 12. The number of hydrogen-bond donors (Lipinski definition) is 3. The van der Waals surface area contributed by atoms with Gasteiger partial charge in [0.2, 0.25) is 17.7 Å². The van der Waals surface area contributed by atoms with E-state index in [0.29, 0.717) is 16.1 Å². The van der Waals surface area contributed by atoms with Crippen LogP contribution in [0.3, 0.4) is 0 Å². The molecule has 0 saturated carbocycles. The zero-order valence-electron chi connectivity index (χ0n) is 24.9. The van der Waals surface area contributed by atoms with Gasteiger partial charge in [-0.05, 0) is 18.1 Å². The summed E-state index contributed by atoms with van der Waals surface area (Å²) in [6.07, 6.45) is -3.36. The molecule has 2 unspecified atom stereocenters. The van der Waals surface area contributed by atoms with E-state index in [-0.39, 0.29) is 32.7 Å². The number of carbonyl (C=O) groups is 8. The van der Waals surface area contributed by atoms with Crippen LogP contribution in [0.5, 0.6) is 0 Å². The van der Waals surface area contributed by atoms with Gasteiger partial charge in [-0.15, -0.1) is 0 Å². The lowest BCUT2D eigenvalue weighted by Crippen LogP contribution is -2.65. The van der Waals surface area contributed by atoms with E-state index < -0.39 is 65.8 Å². The van der Waals surface area contributed by atoms with Gasteiger partial charge in [0.15, 0.2) is 0 Å². The molecule has 2 aromatic carbocycles. The average molecular weight is 641 g/mol. The second-order valence-corrected chi connectivity index (χ2v) is 9.64. The first kappa shape index (κ1) is 34.7. The summed E-state index contributed by atoms with van der Waals surface area (Å²) in [4.78, 5) is 94.7. The molecule has 16 nitrogen and oxygen atoms in total. The van der Waals surface area contributed by atoms with Crippen molar-refractivity contribution >= 4 is 47.8 Å². The molecule has 4 rings (SSSR count). The highest BCUT2D eigenvalue weighted by Crippen LogP contribution is 2.28. The van der Waals surface area contributed by atoms with Crippen molar-refractivity contribution in [2.45, 2.75) is 52.0 Å². The fraction of sp³-hybridized carbons (Fsp3) is 0.333. The molecule has 3 N–H and O–H groups in total. The van der Waals surface area contributed by atoms with Crippen LogP contribution >= 0.6 is 0 Å². The standard InChI is InChI=1S/C23H23N3O8.C7H9NO4/c1-2-19(28)34-23(13-18(27)24-20(23)29)26(22(31)33-15-17-11-7-4-8-12-17)25-21(30)32-14-16-9-5-3-6-10-16;1-2-12-7(11)4-3-5(9)8-6(4)10/h3-12H,2,13-15H2,1H3,(H,25,30)(H,24,27,29);4H,2-3H2,1H3,(H,8,9,10). The van der Waals surface area contributed by atoms with E-state index in [9.17, 15) is 38.4 Å². The smallest absolute Gasteiger partial charge is 0.433 e. The van der Waals surface area contributed by atoms with Crippen molar-refractivity contribution in [2.75, 3.05) is 6.61 Å². The number of carbonyl (C=O) groups excluding carboxylic acids is 8. The molecule has 2 saturated heterocycles. The average Bonchev–Trinajstić information content (AvgIpc) is 3.54. The van der Waals surface area contributed by atoms with Gasteiger partial charge in [-0.1, -0.05) is 67.6 Å². The molecule has 0 radical (unpaired) electrons. The van der Waals surface area contributed by atoms with Gasteiger partial charge in [-0.2, -0.15) is 5.01 Å². The molecule has 16 heteroatoms. The third-order valence-corrected chi connectivity index (χ3v) is 6.28. The first-order valence-corrected chi connectivity index (χ1v) is 14.0. The molecule has 2 aliphatic heterocycles. The van der Waals surface area contributed by atoms with Crippen LogP contribution in [0.4, 0.5) is 9.59 Å². The number of hydrazine groups is 1. The summed E-state index contributed by atoms with van der Waals surface area (Å²) in [7, 11) is 0. The van der Waals surface area contributed by atoms with Crippen LogP contribution < -0.4 is 16.1 Å². The van der Waals surface area contributed by atoms with E-state index in [1.54, 1.807) is 67.6 Å². The third-order valence-electron chi connectivity index (χ3n) is 6.28. The minimum atomic E-state index is -2.48. The number of esters is 2. The predicted octanol–water partition coefficient (Wildman–Crippen LogP) is 1.37. The van der Waals surface area contributed by atoms with Gasteiger partial charge < -0.3 is 18.9 Å². The fourth-order valence-corrected chi connectivity index (χ4v) is 4.04. The summed E-state index contributed by atoms with van der Waals surface area (Å²) in [5.74, 6) is -5.34. The SMILES string of the molecule is CCC(=O)OC1(N(NC(=O)OCc2ccccc2)C(=O)OCc2ccccc2)CC(=O)NC1=O.CCOC(=O)C1CC(=O)NC1=O. The zero-order chi connectivity index (χ0) is 33.7. The van der Waals surface area contributed by atoms with Crippen LogP contribution in [0.25, 0.3) is 0 Å². The van der Waals surface area contributed by atoms with Gasteiger partial charge in [0, 0.05) is 12.8 Å². The molecule has 0 spiro atoms. The Morgan fingerprint density at radius 3 is 1.89 bits per heavy atom. The van der Waals surface area contributed by atoms with E-state index >= 15 is 0 Å². The molecule has 46 heavy (non-hydrogen) atoms. The summed E-state index contributed by atoms with van der Waals surface area (Å²) in [5.41, 5.74) is 0.895. The molecule has 244 valence electrons. The molecular weight excluding hydrogens is 608 g/mol. The number of benzene rings is 2. The van der Waals surface area contributed by atoms with E-state index in [2.05, 4.69) is 10.2 Å². The molecule has 0 aliphatic carbocycles. The van der Waals surface area contributed by atoms with Crippen molar-refractivity contribution in [3.8, 4) is 0 Å². The Morgan fingerprint density at radius 1 is 0.826 bits per heavy atom. The highest BCUT2D eigenvalue weighted by Gasteiger charge is 2.58. The van der Waals surface area contributed by atoms with Gasteiger partial charge in [-0.25, -0.2) is 15.0 Å². The number of nitrogens with one attached hydrogen (secondary N) is 3. The molecule has 2 heterocycles. The Balaban J connectivity index is 0.000000402. The molecular formula is C30H32N4O12. The predicted molar refractivity (Wildman–Crippen MR) is 153 cm³/mol. The number of imide groups is 2. The van der Waals surface area contributed by atoms with Crippen LogP contribution in [0.1, 0.15) is 44.2 Å². The third kappa shape index (κ3) is 9.35. The Labute approximate surface area is 262 Å². The van der Waals surface area contributed by atoms with E-state index in [1.165, 1.54) is 6.92 Å². The maximum atomic E-state index is 13.0. The maximum absolute atomic E-state index is 13.0. The van der Waals surface area contributed by atoms with Crippen LogP contribution in [-0.4, -0.2) is 65.1 Å². The van der Waals surface area contributed by atoms with Crippen molar-refractivity contribution in [3.05, 3.63) is 71.8 Å². The molecule has 0 aromatic heterocycles. The van der Waals surface area contributed by atoms with Crippen LogP contribution in [0.2, 0.25) is 0 Å². The topological polar surface area (TPSA) is 213 Å². The quantitative estimate of drug-likeness (QED) is 0.0886. The molecule has 2 fully saturated rings. The zero-order valence-corrected chi connectivity index (χ0v) is 24.9. The second kappa shape index (κ2) is 16.3. The first-order valence-electron chi connectivity index (χ1n) is 14.0. The lowest BCUT2D eigenvalue weighted by molar-refractivity contribution is -0.189. The minimum Gasteiger partial charge on any atom is -0.465 e. The highest BCUT2D eigenvalue weighted by molar-refractivity contribution is 6.12. The molecule has 6 amide bonds. The molecule has 2 aromatic rings. The number of amides is 6. The van der Waals surface area contributed by atoms with Crippen molar-refractivity contribution in [1.29, 1.82) is 0 Å². The molecule has 0 bridgehead atoms. The highest BCUT2D eigenvalue weighted by atomic mass is 16.6. The van der Waals surface area contributed by atoms with Crippen LogP contribution in [-0.2, 0) is 60.9 Å². The normalized spacial score (nSPS) is 18.3. The fourth-order valence-electron chi connectivity index (χ4n) is 4.04. The van der Waals surface area contributed by atoms with Gasteiger partial charge in [0.25, 0.3) is 11.6 Å². The second-order valence-electron chi connectivity index (χ2n) is 9.64. The van der Waals surface area contributed by atoms with Crippen LogP contribution in [0.15, 0.2) is 60.7 Å². The first-order chi connectivity index (χ1) is 22.0. The summed E-state index contributed by atoms with van der Waals surface area (Å²) < 4.78 is 20.1. The van der Waals surface area contributed by atoms with Gasteiger partial charge >= 0.3 is 24.1 Å². The van der Waals surface area contributed by atoms with Gasteiger partial charge in [0.1, 0.15) is 19.1 Å². The van der Waals surface area contributed by atoms with Crippen LogP contribution in [0, 0.1) is 5.92 Å². The Bertz CT molecular complexity index is 1470. The van der Waals surface area contributed by atoms with Crippen molar-refractivity contribution in [2.24, 2.45) is 5.92 Å². The van der Waals surface area contributed by atoms with E-state index in [4.69, 9.17) is 14.2 Å². The van der Waals surface area contributed by atoms with E-state index in [1.807, 2.05) is 10.6 Å². The lowest BCUT2D eigenvalue weighted by atomic mass is 10.1. The number of ether oxygens (including phenoxy) is 4. The summed E-state index contributed by atoms with van der Waals surface area (Å²) >= 11 is 0.